The molecule has 33 heavy (non-hydrogen) atoms. The van der Waals surface area contributed by atoms with Crippen molar-refractivity contribution >= 4 is 29.0 Å². The normalized spacial score (nSPS) is 13.5. The summed E-state index contributed by atoms with van der Waals surface area (Å²) in [6, 6.07) is 17.6. The summed E-state index contributed by atoms with van der Waals surface area (Å²) >= 11 is 1.34. The molecule has 0 saturated carbocycles. The summed E-state index contributed by atoms with van der Waals surface area (Å²) in [6.45, 7) is 2.26. The standard InChI is InChI=1S/C25H28N4O3S/c1-31-22-12-8-19(16-23(22)32-2)26-24(30)17-33-25-13-11-21(27-28-25)18-6-9-20(10-7-18)29-14-4-3-5-15-29/h6-13,16H,3-5,14-15,17H2,1-2H3,(H,26,30). The minimum atomic E-state index is -0.133. The number of methoxy groups -OCH3 is 2. The van der Waals surface area contributed by atoms with Crippen LogP contribution in [0.1, 0.15) is 19.3 Å². The first-order valence-electron chi connectivity index (χ1n) is 11.0. The summed E-state index contributed by atoms with van der Waals surface area (Å²) in [5.41, 5.74) is 3.76. The van der Waals surface area contributed by atoms with Crippen molar-refractivity contribution in [2.24, 2.45) is 0 Å². The molecule has 1 saturated heterocycles. The Morgan fingerprint density at radius 1 is 0.939 bits per heavy atom. The number of carbonyl (C=O) groups is 1. The third-order valence-corrected chi connectivity index (χ3v) is 6.46. The molecule has 8 heteroatoms. The highest BCUT2D eigenvalue weighted by Crippen LogP contribution is 2.30. The van der Waals surface area contributed by atoms with E-state index in [1.807, 2.05) is 12.1 Å². The van der Waals surface area contributed by atoms with Crippen LogP contribution in [0, 0.1) is 0 Å². The van der Waals surface area contributed by atoms with Crippen molar-refractivity contribution in [2.45, 2.75) is 24.3 Å². The molecule has 1 aliphatic rings. The van der Waals surface area contributed by atoms with Gasteiger partial charge in [0.05, 0.1) is 25.7 Å². The highest BCUT2D eigenvalue weighted by molar-refractivity contribution is 7.99. The van der Waals surface area contributed by atoms with Crippen LogP contribution in [-0.4, -0.2) is 49.2 Å². The van der Waals surface area contributed by atoms with Gasteiger partial charge >= 0.3 is 0 Å². The van der Waals surface area contributed by atoms with Crippen LogP contribution in [0.2, 0.25) is 0 Å². The van der Waals surface area contributed by atoms with E-state index in [1.165, 1.54) is 36.7 Å². The second-order valence-corrected chi connectivity index (χ2v) is 8.75. The fourth-order valence-corrected chi connectivity index (χ4v) is 4.41. The molecule has 7 nitrogen and oxygen atoms in total. The first-order valence-corrected chi connectivity index (χ1v) is 12.0. The summed E-state index contributed by atoms with van der Waals surface area (Å²) in [7, 11) is 3.13. The van der Waals surface area contributed by atoms with E-state index in [9.17, 15) is 4.79 Å². The Hall–Kier alpha value is -3.26. The van der Waals surface area contributed by atoms with E-state index in [1.54, 1.807) is 32.4 Å². The summed E-state index contributed by atoms with van der Waals surface area (Å²) in [4.78, 5) is 14.8. The Labute approximate surface area is 198 Å². The van der Waals surface area contributed by atoms with E-state index >= 15 is 0 Å². The van der Waals surface area contributed by atoms with Crippen molar-refractivity contribution in [3.63, 3.8) is 0 Å². The number of hydrogen-bond acceptors (Lipinski definition) is 7. The third kappa shape index (κ3) is 5.96. The minimum absolute atomic E-state index is 0.133. The van der Waals surface area contributed by atoms with Crippen LogP contribution in [0.15, 0.2) is 59.6 Å². The quantitative estimate of drug-likeness (QED) is 0.476. The molecule has 2 heterocycles. The Balaban J connectivity index is 1.31. The van der Waals surface area contributed by atoms with Gasteiger partial charge in [-0.25, -0.2) is 0 Å². The highest BCUT2D eigenvalue weighted by Gasteiger charge is 2.12. The molecule has 0 bridgehead atoms. The highest BCUT2D eigenvalue weighted by atomic mass is 32.2. The van der Waals surface area contributed by atoms with Crippen LogP contribution in [0.3, 0.4) is 0 Å². The van der Waals surface area contributed by atoms with E-state index in [-0.39, 0.29) is 11.7 Å². The lowest BCUT2D eigenvalue weighted by Crippen LogP contribution is -2.29. The van der Waals surface area contributed by atoms with E-state index in [2.05, 4.69) is 44.7 Å². The number of nitrogens with zero attached hydrogens (tertiary/aromatic N) is 3. The van der Waals surface area contributed by atoms with Crippen molar-refractivity contribution in [2.75, 3.05) is 43.3 Å². The van der Waals surface area contributed by atoms with Gasteiger partial charge in [-0.05, 0) is 55.7 Å². The van der Waals surface area contributed by atoms with E-state index in [0.717, 1.165) is 24.3 Å². The number of thioether (sulfide) groups is 1. The van der Waals surface area contributed by atoms with Crippen molar-refractivity contribution in [3.05, 3.63) is 54.6 Å². The molecule has 0 atom stereocenters. The van der Waals surface area contributed by atoms with E-state index in [4.69, 9.17) is 9.47 Å². The molecule has 1 amide bonds. The average Bonchev–Trinajstić information content (AvgIpc) is 2.88. The molecule has 1 N–H and O–H groups in total. The molecular formula is C25H28N4O3S. The molecule has 0 radical (unpaired) electrons. The molecule has 0 spiro atoms. The number of benzene rings is 2. The van der Waals surface area contributed by atoms with Crippen molar-refractivity contribution < 1.29 is 14.3 Å². The maximum Gasteiger partial charge on any atom is 0.234 e. The minimum Gasteiger partial charge on any atom is -0.493 e. The molecule has 2 aromatic carbocycles. The largest absolute Gasteiger partial charge is 0.493 e. The maximum absolute atomic E-state index is 12.3. The monoisotopic (exact) mass is 464 g/mol. The zero-order valence-corrected chi connectivity index (χ0v) is 19.7. The van der Waals surface area contributed by atoms with Crippen molar-refractivity contribution in [1.29, 1.82) is 0 Å². The first kappa shape index (κ1) is 22.9. The second kappa shape index (κ2) is 11.0. The first-order chi connectivity index (χ1) is 16.2. The summed E-state index contributed by atoms with van der Waals surface area (Å²) < 4.78 is 10.5. The lowest BCUT2D eigenvalue weighted by molar-refractivity contribution is -0.113. The molecular weight excluding hydrogens is 436 g/mol. The Morgan fingerprint density at radius 2 is 1.70 bits per heavy atom. The fourth-order valence-electron chi connectivity index (χ4n) is 3.80. The number of anilines is 2. The zero-order valence-electron chi connectivity index (χ0n) is 18.9. The number of hydrogen-bond donors (Lipinski definition) is 1. The molecule has 4 rings (SSSR count). The Kier molecular flexibility index (Phi) is 7.67. The maximum atomic E-state index is 12.3. The lowest BCUT2D eigenvalue weighted by Gasteiger charge is -2.28. The van der Waals surface area contributed by atoms with E-state index in [0.29, 0.717) is 22.2 Å². The topological polar surface area (TPSA) is 76.6 Å². The van der Waals surface area contributed by atoms with Gasteiger partial charge in [0.25, 0.3) is 0 Å². The van der Waals surface area contributed by atoms with Crippen LogP contribution >= 0.6 is 11.8 Å². The van der Waals surface area contributed by atoms with Crippen LogP contribution in [-0.2, 0) is 4.79 Å². The summed E-state index contributed by atoms with van der Waals surface area (Å²) in [5.74, 6) is 1.27. The van der Waals surface area contributed by atoms with Gasteiger partial charge in [0.1, 0.15) is 5.03 Å². The molecule has 1 fully saturated rings. The molecule has 1 aromatic heterocycles. The number of rotatable bonds is 8. The number of ether oxygens (including phenoxy) is 2. The van der Waals surface area contributed by atoms with Gasteiger partial charge < -0.3 is 19.7 Å². The van der Waals surface area contributed by atoms with Crippen LogP contribution in [0.4, 0.5) is 11.4 Å². The number of aromatic nitrogens is 2. The number of piperidine rings is 1. The summed E-state index contributed by atoms with van der Waals surface area (Å²) in [6.07, 6.45) is 3.85. The third-order valence-electron chi connectivity index (χ3n) is 5.54. The SMILES string of the molecule is COc1ccc(NC(=O)CSc2ccc(-c3ccc(N4CCCCC4)cc3)nn2)cc1OC. The van der Waals surface area contributed by atoms with Crippen LogP contribution in [0.25, 0.3) is 11.3 Å². The van der Waals surface area contributed by atoms with Gasteiger partial charge in [0, 0.05) is 36.1 Å². The average molecular weight is 465 g/mol. The van der Waals surface area contributed by atoms with Crippen molar-refractivity contribution in [1.82, 2.24) is 10.2 Å². The van der Waals surface area contributed by atoms with E-state index < -0.39 is 0 Å². The second-order valence-electron chi connectivity index (χ2n) is 7.76. The summed E-state index contributed by atoms with van der Waals surface area (Å²) in [5, 5.41) is 12.2. The predicted molar refractivity (Wildman–Crippen MR) is 132 cm³/mol. The number of carbonyl (C=O) groups excluding carboxylic acids is 1. The van der Waals surface area contributed by atoms with Gasteiger partial charge in [0.2, 0.25) is 5.91 Å². The van der Waals surface area contributed by atoms with Gasteiger partial charge in [-0.3, -0.25) is 4.79 Å². The lowest BCUT2D eigenvalue weighted by atomic mass is 10.1. The molecule has 1 aliphatic heterocycles. The number of amides is 1. The van der Waals surface area contributed by atoms with Gasteiger partial charge in [0.15, 0.2) is 11.5 Å². The van der Waals surface area contributed by atoms with Gasteiger partial charge in [-0.15, -0.1) is 10.2 Å². The fraction of sp³-hybridized carbons (Fsp3) is 0.320. The zero-order chi connectivity index (χ0) is 23.0. The smallest absolute Gasteiger partial charge is 0.234 e. The van der Waals surface area contributed by atoms with Crippen molar-refractivity contribution in [3.8, 4) is 22.8 Å². The molecule has 3 aromatic rings. The Bertz CT molecular complexity index is 1070. The van der Waals surface area contributed by atoms with Gasteiger partial charge in [-0.2, -0.15) is 0 Å². The van der Waals surface area contributed by atoms with Crippen LogP contribution < -0.4 is 19.7 Å². The molecule has 0 aliphatic carbocycles. The molecule has 172 valence electrons. The molecule has 0 unspecified atom stereocenters. The van der Waals surface area contributed by atoms with Gasteiger partial charge in [-0.1, -0.05) is 23.9 Å². The number of nitrogens with one attached hydrogen (secondary N) is 1. The Morgan fingerprint density at radius 3 is 2.36 bits per heavy atom. The van der Waals surface area contributed by atoms with Crippen LogP contribution in [0.5, 0.6) is 11.5 Å². The predicted octanol–water partition coefficient (Wildman–Crippen LogP) is 4.88.